The van der Waals surface area contributed by atoms with Crippen LogP contribution in [0.25, 0.3) is 6.08 Å². The molecule has 0 bridgehead atoms. The molecular weight excluding hydrogens is 507 g/mol. The van der Waals surface area contributed by atoms with Crippen LogP contribution in [0.1, 0.15) is 36.0 Å². The minimum atomic E-state index is -4.74. The molecule has 0 unspecified atom stereocenters. The first-order chi connectivity index (χ1) is 17.6. The number of carboxylic acid groups (broad SMARTS) is 1. The third-order valence-electron chi connectivity index (χ3n) is 5.31. The smallest absolute Gasteiger partial charge is 0.418 e. The highest BCUT2D eigenvalue weighted by Crippen LogP contribution is 2.36. The van der Waals surface area contributed by atoms with E-state index < -0.39 is 33.4 Å². The molecule has 0 saturated carbocycles. The van der Waals surface area contributed by atoms with Crippen molar-refractivity contribution >= 4 is 27.8 Å². The fraction of sp³-hybridized carbons (Fsp3) is 0.222. The van der Waals surface area contributed by atoms with Crippen LogP contribution in [-0.4, -0.2) is 26.1 Å². The average Bonchev–Trinajstić information content (AvgIpc) is 2.85. The van der Waals surface area contributed by atoms with Gasteiger partial charge >= 0.3 is 12.1 Å². The Labute approximate surface area is 213 Å². The molecule has 0 heterocycles. The van der Waals surface area contributed by atoms with Gasteiger partial charge < -0.3 is 9.84 Å². The monoisotopic (exact) mass is 533 g/mol. The number of allylic oxidation sites excluding steroid dienone is 1. The lowest BCUT2D eigenvalue weighted by atomic mass is 10.1. The number of rotatable bonds is 12. The van der Waals surface area contributed by atoms with Gasteiger partial charge in [0.25, 0.3) is 10.0 Å². The number of carboxylic acids is 1. The first-order valence-corrected chi connectivity index (χ1v) is 12.9. The molecule has 37 heavy (non-hydrogen) atoms. The van der Waals surface area contributed by atoms with Gasteiger partial charge in [-0.15, -0.1) is 0 Å². The van der Waals surface area contributed by atoms with Crippen LogP contribution >= 0.6 is 0 Å². The van der Waals surface area contributed by atoms with Crippen LogP contribution in [0, 0.1) is 0 Å². The van der Waals surface area contributed by atoms with Gasteiger partial charge in [-0.05, 0) is 60.7 Å². The van der Waals surface area contributed by atoms with Crippen LogP contribution in [0.5, 0.6) is 5.75 Å². The molecule has 0 radical (unpaired) electrons. The topological polar surface area (TPSA) is 92.7 Å². The van der Waals surface area contributed by atoms with Gasteiger partial charge in [-0.3, -0.25) is 9.52 Å². The van der Waals surface area contributed by atoms with Gasteiger partial charge in [-0.1, -0.05) is 54.6 Å². The Morgan fingerprint density at radius 3 is 2.41 bits per heavy atom. The summed E-state index contributed by atoms with van der Waals surface area (Å²) < 4.78 is 73.6. The van der Waals surface area contributed by atoms with Crippen molar-refractivity contribution in [2.45, 2.75) is 36.8 Å². The molecule has 0 aliphatic heterocycles. The minimum absolute atomic E-state index is 0.000263. The van der Waals surface area contributed by atoms with Crippen molar-refractivity contribution in [3.05, 3.63) is 95.6 Å². The maximum atomic E-state index is 13.5. The molecule has 0 amide bonds. The third kappa shape index (κ3) is 8.38. The number of sulfonamides is 1. The van der Waals surface area contributed by atoms with E-state index in [0.29, 0.717) is 37.2 Å². The highest BCUT2D eigenvalue weighted by atomic mass is 32.2. The molecule has 196 valence electrons. The summed E-state index contributed by atoms with van der Waals surface area (Å²) >= 11 is 0. The SMILES string of the molecule is O=C(O)CCc1ccccc1OCCC/C=C/c1ccc(C(F)(F)F)c(NS(=O)(=O)c2ccccc2)c1. The lowest BCUT2D eigenvalue weighted by molar-refractivity contribution is -0.137. The van der Waals surface area contributed by atoms with E-state index in [2.05, 4.69) is 4.72 Å². The van der Waals surface area contributed by atoms with Crippen molar-refractivity contribution < 1.29 is 36.2 Å². The molecule has 0 aliphatic carbocycles. The van der Waals surface area contributed by atoms with Crippen molar-refractivity contribution in [1.82, 2.24) is 0 Å². The number of ether oxygens (including phenoxy) is 1. The van der Waals surface area contributed by atoms with E-state index in [4.69, 9.17) is 9.84 Å². The molecule has 3 rings (SSSR count). The summed E-state index contributed by atoms with van der Waals surface area (Å²) in [6.07, 6.45) is 0.157. The summed E-state index contributed by atoms with van der Waals surface area (Å²) in [6.45, 7) is 0.365. The van der Waals surface area contributed by atoms with Crippen molar-refractivity contribution in [2.75, 3.05) is 11.3 Å². The quantitative estimate of drug-likeness (QED) is 0.263. The largest absolute Gasteiger partial charge is 0.493 e. The number of hydrogen-bond donors (Lipinski definition) is 2. The Balaban J connectivity index is 1.63. The number of anilines is 1. The predicted octanol–water partition coefficient (Wildman–Crippen LogP) is 6.40. The molecule has 0 fully saturated rings. The molecule has 6 nitrogen and oxygen atoms in total. The molecule has 0 spiro atoms. The van der Waals surface area contributed by atoms with Gasteiger partial charge in [0.15, 0.2) is 0 Å². The number of halogens is 3. The van der Waals surface area contributed by atoms with Crippen molar-refractivity contribution in [3.8, 4) is 5.75 Å². The molecule has 3 aromatic carbocycles. The van der Waals surface area contributed by atoms with Crippen LogP contribution in [0.3, 0.4) is 0 Å². The summed E-state index contributed by atoms with van der Waals surface area (Å²) in [6, 6.07) is 17.6. The Bertz CT molecular complexity index is 1340. The molecule has 10 heteroatoms. The highest BCUT2D eigenvalue weighted by molar-refractivity contribution is 7.92. The van der Waals surface area contributed by atoms with Crippen molar-refractivity contribution in [2.24, 2.45) is 0 Å². The van der Waals surface area contributed by atoms with E-state index in [1.165, 1.54) is 30.3 Å². The zero-order chi connectivity index (χ0) is 26.9. The van der Waals surface area contributed by atoms with E-state index in [1.54, 1.807) is 30.4 Å². The Hall–Kier alpha value is -3.79. The van der Waals surface area contributed by atoms with Crippen LogP contribution in [0.15, 0.2) is 83.8 Å². The van der Waals surface area contributed by atoms with E-state index >= 15 is 0 Å². The van der Waals surface area contributed by atoms with Gasteiger partial charge in [-0.25, -0.2) is 8.42 Å². The van der Waals surface area contributed by atoms with Gasteiger partial charge in [0, 0.05) is 6.42 Å². The normalized spacial score (nSPS) is 12.0. The summed E-state index contributed by atoms with van der Waals surface area (Å²) in [5.74, 6) is -0.273. The number of unbranched alkanes of at least 4 members (excludes halogenated alkanes) is 1. The fourth-order valence-corrected chi connectivity index (χ4v) is 4.59. The van der Waals surface area contributed by atoms with Gasteiger partial charge in [0.05, 0.1) is 22.8 Å². The van der Waals surface area contributed by atoms with Crippen LogP contribution in [-0.2, 0) is 27.4 Å². The van der Waals surface area contributed by atoms with Crippen LogP contribution in [0.4, 0.5) is 18.9 Å². The second-order valence-electron chi connectivity index (χ2n) is 8.12. The number of nitrogens with one attached hydrogen (secondary N) is 1. The Morgan fingerprint density at radius 2 is 1.70 bits per heavy atom. The zero-order valence-corrected chi connectivity index (χ0v) is 20.6. The van der Waals surface area contributed by atoms with Crippen LogP contribution < -0.4 is 9.46 Å². The molecule has 0 atom stereocenters. The number of benzene rings is 3. The highest BCUT2D eigenvalue weighted by Gasteiger charge is 2.34. The molecule has 0 aromatic heterocycles. The van der Waals surface area contributed by atoms with Crippen molar-refractivity contribution in [3.63, 3.8) is 0 Å². The van der Waals surface area contributed by atoms with E-state index in [1.807, 2.05) is 12.1 Å². The Morgan fingerprint density at radius 1 is 1.00 bits per heavy atom. The molecule has 0 saturated heterocycles. The second-order valence-corrected chi connectivity index (χ2v) is 9.80. The first kappa shape index (κ1) is 27.8. The summed E-state index contributed by atoms with van der Waals surface area (Å²) in [7, 11) is -4.21. The summed E-state index contributed by atoms with van der Waals surface area (Å²) in [5.41, 5.74) is -0.437. The maximum Gasteiger partial charge on any atom is 0.418 e. The van der Waals surface area contributed by atoms with E-state index in [9.17, 15) is 26.4 Å². The fourth-order valence-electron chi connectivity index (χ4n) is 3.50. The first-order valence-electron chi connectivity index (χ1n) is 11.4. The standard InChI is InChI=1S/C27H26F3NO5S/c28-27(29,30)23-16-14-20(19-24(23)31-37(34,35)22-11-4-1-5-12-22)9-3-2-8-18-36-25-13-7-6-10-21(25)15-17-26(32)33/h1,3-7,9-14,16,19,31H,2,8,15,17-18H2,(H,32,33)/b9-3+. The minimum Gasteiger partial charge on any atom is -0.493 e. The maximum absolute atomic E-state index is 13.5. The number of para-hydroxylation sites is 1. The number of alkyl halides is 3. The summed E-state index contributed by atoms with van der Waals surface area (Å²) in [4.78, 5) is 10.7. The third-order valence-corrected chi connectivity index (χ3v) is 6.69. The number of aliphatic carboxylic acids is 1. The molecule has 3 aromatic rings. The molecule has 2 N–H and O–H groups in total. The lowest BCUT2D eigenvalue weighted by Gasteiger charge is -2.15. The van der Waals surface area contributed by atoms with Gasteiger partial charge in [-0.2, -0.15) is 13.2 Å². The number of hydrogen-bond acceptors (Lipinski definition) is 4. The average molecular weight is 534 g/mol. The van der Waals surface area contributed by atoms with Crippen LogP contribution in [0.2, 0.25) is 0 Å². The number of carbonyl (C=O) groups is 1. The molecular formula is C27H26F3NO5S. The second kappa shape index (κ2) is 12.4. The predicted molar refractivity (Wildman–Crippen MR) is 135 cm³/mol. The van der Waals surface area contributed by atoms with Gasteiger partial charge in [0.1, 0.15) is 5.75 Å². The zero-order valence-electron chi connectivity index (χ0n) is 19.7. The summed E-state index contributed by atoms with van der Waals surface area (Å²) in [5, 5.41) is 8.87. The van der Waals surface area contributed by atoms with E-state index in [0.717, 1.165) is 17.7 Å². The molecule has 0 aliphatic rings. The lowest BCUT2D eigenvalue weighted by Crippen LogP contribution is -2.17. The van der Waals surface area contributed by atoms with Crippen molar-refractivity contribution in [1.29, 1.82) is 0 Å². The van der Waals surface area contributed by atoms with Gasteiger partial charge in [0.2, 0.25) is 0 Å². The Kier molecular flexibility index (Phi) is 9.35. The number of aryl methyl sites for hydroxylation is 1. The van der Waals surface area contributed by atoms with E-state index in [-0.39, 0.29) is 11.3 Å².